The number of carbonyl (C=O) groups excluding carboxylic acids is 1. The summed E-state index contributed by atoms with van der Waals surface area (Å²) in [5.74, 6) is 0.242. The van der Waals surface area contributed by atoms with Crippen LogP contribution in [-0.4, -0.2) is 22.4 Å². The van der Waals surface area contributed by atoms with Crippen molar-refractivity contribution in [2.24, 2.45) is 0 Å². The zero-order chi connectivity index (χ0) is 21.5. The van der Waals surface area contributed by atoms with E-state index >= 15 is 0 Å². The number of amides is 1. The molecule has 156 valence electrons. The first-order valence-corrected chi connectivity index (χ1v) is 11.3. The van der Waals surface area contributed by atoms with Gasteiger partial charge in [-0.25, -0.2) is 0 Å². The van der Waals surface area contributed by atoms with Gasteiger partial charge in [-0.3, -0.25) is 10.1 Å². The van der Waals surface area contributed by atoms with E-state index in [9.17, 15) is 4.79 Å². The van der Waals surface area contributed by atoms with Gasteiger partial charge in [-0.15, -0.1) is 16.9 Å². The molecule has 0 unspecified atom stereocenters. The zero-order valence-corrected chi connectivity index (χ0v) is 18.0. The Kier molecular flexibility index (Phi) is 6.79. The van der Waals surface area contributed by atoms with Crippen molar-refractivity contribution in [3.8, 4) is 0 Å². The summed E-state index contributed by atoms with van der Waals surface area (Å²) in [6, 6.07) is 28.4. The fraction of sp³-hybridized carbons (Fsp3) is 0.160. The number of rotatable bonds is 8. The minimum atomic E-state index is -0.169. The Morgan fingerprint density at radius 3 is 2.10 bits per heavy atom. The maximum atomic E-state index is 12.8. The van der Waals surface area contributed by atoms with Crippen LogP contribution in [0.15, 0.2) is 94.2 Å². The third-order valence-corrected chi connectivity index (χ3v) is 5.76. The van der Waals surface area contributed by atoms with Gasteiger partial charge in [0.25, 0.3) is 0 Å². The SMILES string of the molecule is CSc1ccc(Cc2nnc(NC(=O)CC(c3ccccc3)c3ccccc3)o2)cc1. The van der Waals surface area contributed by atoms with E-state index in [0.29, 0.717) is 12.3 Å². The fourth-order valence-corrected chi connectivity index (χ4v) is 3.86. The lowest BCUT2D eigenvalue weighted by Crippen LogP contribution is -2.16. The molecular formula is C25H23N3O2S. The molecule has 4 rings (SSSR count). The van der Waals surface area contributed by atoms with Crippen molar-refractivity contribution < 1.29 is 9.21 Å². The molecule has 0 radical (unpaired) electrons. The summed E-state index contributed by atoms with van der Waals surface area (Å²) in [4.78, 5) is 14.0. The quantitative estimate of drug-likeness (QED) is 0.372. The largest absolute Gasteiger partial charge is 0.407 e. The van der Waals surface area contributed by atoms with E-state index in [4.69, 9.17) is 4.42 Å². The van der Waals surface area contributed by atoms with E-state index < -0.39 is 0 Å². The van der Waals surface area contributed by atoms with Gasteiger partial charge in [-0.2, -0.15) is 0 Å². The molecule has 0 aliphatic rings. The van der Waals surface area contributed by atoms with Crippen LogP contribution in [0.25, 0.3) is 0 Å². The van der Waals surface area contributed by atoms with Crippen LogP contribution < -0.4 is 5.32 Å². The van der Waals surface area contributed by atoms with Crippen molar-refractivity contribution >= 4 is 23.7 Å². The number of carbonyl (C=O) groups is 1. The molecule has 0 saturated carbocycles. The molecule has 0 spiro atoms. The highest BCUT2D eigenvalue weighted by Crippen LogP contribution is 2.28. The smallest absolute Gasteiger partial charge is 0.322 e. The molecule has 1 N–H and O–H groups in total. The molecular weight excluding hydrogens is 406 g/mol. The number of nitrogens with zero attached hydrogens (tertiary/aromatic N) is 2. The molecule has 3 aromatic carbocycles. The molecule has 4 aromatic rings. The highest BCUT2D eigenvalue weighted by Gasteiger charge is 2.19. The average Bonchev–Trinajstić information content (AvgIpc) is 3.25. The minimum absolute atomic E-state index is 0.0558. The average molecular weight is 430 g/mol. The summed E-state index contributed by atoms with van der Waals surface area (Å²) in [5, 5.41) is 10.8. The Hall–Kier alpha value is -3.38. The first-order valence-electron chi connectivity index (χ1n) is 10.1. The number of benzene rings is 3. The van der Waals surface area contributed by atoms with E-state index in [0.717, 1.165) is 16.7 Å². The van der Waals surface area contributed by atoms with Gasteiger partial charge in [-0.05, 0) is 35.1 Å². The molecule has 6 heteroatoms. The topological polar surface area (TPSA) is 68.0 Å². The Labute approximate surface area is 185 Å². The molecule has 0 bridgehead atoms. The molecule has 1 aromatic heterocycles. The van der Waals surface area contributed by atoms with Crippen molar-refractivity contribution in [2.45, 2.75) is 23.7 Å². The fourth-order valence-electron chi connectivity index (χ4n) is 3.45. The van der Waals surface area contributed by atoms with Crippen molar-refractivity contribution in [2.75, 3.05) is 11.6 Å². The van der Waals surface area contributed by atoms with Crippen molar-refractivity contribution in [1.82, 2.24) is 10.2 Å². The molecule has 0 aliphatic heterocycles. The molecule has 0 aliphatic carbocycles. The molecule has 0 saturated heterocycles. The summed E-state index contributed by atoms with van der Waals surface area (Å²) in [6.07, 6.45) is 2.85. The number of hydrogen-bond acceptors (Lipinski definition) is 5. The Morgan fingerprint density at radius 2 is 1.52 bits per heavy atom. The van der Waals surface area contributed by atoms with Crippen molar-refractivity contribution in [3.05, 3.63) is 108 Å². The zero-order valence-electron chi connectivity index (χ0n) is 17.2. The molecule has 1 amide bonds. The first-order chi connectivity index (χ1) is 15.2. The highest BCUT2D eigenvalue weighted by molar-refractivity contribution is 7.98. The van der Waals surface area contributed by atoms with E-state index in [1.165, 1.54) is 4.90 Å². The van der Waals surface area contributed by atoms with Gasteiger partial charge in [0, 0.05) is 17.2 Å². The molecule has 5 nitrogen and oxygen atoms in total. The molecule has 31 heavy (non-hydrogen) atoms. The summed E-state index contributed by atoms with van der Waals surface area (Å²) >= 11 is 1.70. The number of thioether (sulfide) groups is 1. The van der Waals surface area contributed by atoms with Crippen LogP contribution in [0, 0.1) is 0 Å². The third-order valence-electron chi connectivity index (χ3n) is 5.02. The van der Waals surface area contributed by atoms with Crippen LogP contribution in [-0.2, 0) is 11.2 Å². The number of hydrogen-bond donors (Lipinski definition) is 1. The normalized spacial score (nSPS) is 10.9. The minimum Gasteiger partial charge on any atom is -0.407 e. The van der Waals surface area contributed by atoms with E-state index in [-0.39, 0.29) is 24.3 Å². The number of nitrogens with one attached hydrogen (secondary N) is 1. The lowest BCUT2D eigenvalue weighted by Gasteiger charge is -2.17. The Morgan fingerprint density at radius 1 is 0.903 bits per heavy atom. The van der Waals surface area contributed by atoms with Crippen molar-refractivity contribution in [3.63, 3.8) is 0 Å². The molecule has 1 heterocycles. The summed E-state index contributed by atoms with van der Waals surface area (Å²) in [7, 11) is 0. The molecule has 0 fully saturated rings. The van der Waals surface area contributed by atoms with E-state index in [1.807, 2.05) is 79.1 Å². The standard InChI is InChI=1S/C25H23N3O2S/c1-31-21-14-12-18(13-15-21)16-24-27-28-25(30-24)26-23(29)17-22(19-8-4-2-5-9-19)20-10-6-3-7-11-20/h2-15,22H,16-17H2,1H3,(H,26,28,29). The van der Waals surface area contributed by atoms with E-state index in [1.54, 1.807) is 11.8 Å². The second-order valence-corrected chi connectivity index (χ2v) is 8.03. The van der Waals surface area contributed by atoms with Gasteiger partial charge in [-0.1, -0.05) is 77.9 Å². The van der Waals surface area contributed by atoms with Crippen LogP contribution in [0.3, 0.4) is 0 Å². The predicted molar refractivity (Wildman–Crippen MR) is 123 cm³/mol. The van der Waals surface area contributed by atoms with Gasteiger partial charge in [0.2, 0.25) is 11.8 Å². The van der Waals surface area contributed by atoms with Gasteiger partial charge >= 0.3 is 6.01 Å². The maximum absolute atomic E-state index is 12.8. The van der Waals surface area contributed by atoms with Gasteiger partial charge < -0.3 is 4.42 Å². The lowest BCUT2D eigenvalue weighted by molar-refractivity contribution is -0.116. The summed E-state index contributed by atoms with van der Waals surface area (Å²) in [6.45, 7) is 0. The van der Waals surface area contributed by atoms with Crippen molar-refractivity contribution in [1.29, 1.82) is 0 Å². The monoisotopic (exact) mass is 429 g/mol. The maximum Gasteiger partial charge on any atom is 0.322 e. The first kappa shape index (κ1) is 20.9. The summed E-state index contributed by atoms with van der Waals surface area (Å²) < 4.78 is 5.65. The second-order valence-electron chi connectivity index (χ2n) is 7.15. The van der Waals surface area contributed by atoms with Crippen LogP contribution in [0.4, 0.5) is 6.01 Å². The number of anilines is 1. The van der Waals surface area contributed by atoms with E-state index in [2.05, 4.69) is 27.6 Å². The Bertz CT molecular complexity index is 1070. The van der Waals surface area contributed by atoms with Crippen LogP contribution in [0.1, 0.15) is 34.9 Å². The van der Waals surface area contributed by atoms with Gasteiger partial charge in [0.15, 0.2) is 0 Å². The lowest BCUT2D eigenvalue weighted by atomic mass is 9.88. The molecule has 0 atom stereocenters. The van der Waals surface area contributed by atoms with Crippen LogP contribution >= 0.6 is 11.8 Å². The predicted octanol–water partition coefficient (Wildman–Crippen LogP) is 5.54. The summed E-state index contributed by atoms with van der Waals surface area (Å²) in [5.41, 5.74) is 3.25. The highest BCUT2D eigenvalue weighted by atomic mass is 32.2. The second kappa shape index (κ2) is 10.1. The third kappa shape index (κ3) is 5.61. The van der Waals surface area contributed by atoms with Crippen LogP contribution in [0.2, 0.25) is 0 Å². The number of aromatic nitrogens is 2. The van der Waals surface area contributed by atoms with Crippen LogP contribution in [0.5, 0.6) is 0 Å². The van der Waals surface area contributed by atoms with Gasteiger partial charge in [0.1, 0.15) is 0 Å². The van der Waals surface area contributed by atoms with Gasteiger partial charge in [0.05, 0.1) is 6.42 Å². The Balaban J connectivity index is 1.42.